The van der Waals surface area contributed by atoms with Gasteiger partial charge in [0.1, 0.15) is 0 Å². The molecule has 0 aliphatic carbocycles. The van der Waals surface area contributed by atoms with Crippen LogP contribution in [0.3, 0.4) is 0 Å². The van der Waals surface area contributed by atoms with Crippen molar-refractivity contribution in [1.29, 1.82) is 0 Å². The predicted octanol–water partition coefficient (Wildman–Crippen LogP) is 3.81. The zero-order chi connectivity index (χ0) is 12.7. The van der Waals surface area contributed by atoms with Crippen LogP contribution in [0.25, 0.3) is 16.6 Å². The van der Waals surface area contributed by atoms with Gasteiger partial charge in [-0.15, -0.1) is 0 Å². The first-order valence-corrected chi connectivity index (χ1v) is 6.10. The van der Waals surface area contributed by atoms with Crippen molar-refractivity contribution in [2.75, 3.05) is 5.73 Å². The molecular weight excluding hydrogens is 220 g/mol. The van der Waals surface area contributed by atoms with Crippen molar-refractivity contribution < 1.29 is 0 Å². The molecule has 2 aromatic heterocycles. The Hall–Kier alpha value is -2.22. The molecule has 1 aromatic carbocycles. The highest BCUT2D eigenvalue weighted by Crippen LogP contribution is 2.34. The van der Waals surface area contributed by atoms with E-state index in [0.717, 1.165) is 16.8 Å². The number of fused-ring (bicyclic) bond motifs is 1. The molecule has 0 fully saturated rings. The number of hydrogen-bond acceptors (Lipinski definition) is 1. The van der Waals surface area contributed by atoms with Gasteiger partial charge in [-0.1, -0.05) is 35.9 Å². The van der Waals surface area contributed by atoms with E-state index in [0.29, 0.717) is 0 Å². The van der Waals surface area contributed by atoms with Gasteiger partial charge in [0.05, 0.1) is 11.2 Å². The molecule has 2 N–H and O–H groups in total. The molecule has 0 aliphatic rings. The fraction of sp³-hybridized carbons (Fsp3) is 0.125. The fourth-order valence-electron chi connectivity index (χ4n) is 2.48. The Morgan fingerprint density at radius 1 is 0.944 bits per heavy atom. The van der Waals surface area contributed by atoms with Crippen LogP contribution in [0.1, 0.15) is 11.3 Å². The lowest BCUT2D eigenvalue weighted by Gasteiger charge is -2.03. The van der Waals surface area contributed by atoms with Crippen LogP contribution >= 0.6 is 0 Å². The molecule has 3 aromatic rings. The summed E-state index contributed by atoms with van der Waals surface area (Å²) in [5, 5.41) is 0. The van der Waals surface area contributed by atoms with Crippen LogP contribution in [-0.4, -0.2) is 4.40 Å². The summed E-state index contributed by atoms with van der Waals surface area (Å²) < 4.78 is 2.14. The minimum Gasteiger partial charge on any atom is -0.396 e. The first kappa shape index (κ1) is 10.9. The van der Waals surface area contributed by atoms with E-state index in [1.165, 1.54) is 16.8 Å². The van der Waals surface area contributed by atoms with Crippen LogP contribution in [0.15, 0.2) is 48.7 Å². The van der Waals surface area contributed by atoms with Crippen molar-refractivity contribution in [3.63, 3.8) is 0 Å². The number of rotatable bonds is 1. The molecule has 0 aliphatic heterocycles. The second-order valence-electron chi connectivity index (χ2n) is 4.70. The van der Waals surface area contributed by atoms with Gasteiger partial charge in [0.15, 0.2) is 0 Å². The van der Waals surface area contributed by atoms with Gasteiger partial charge in [0.25, 0.3) is 0 Å². The topological polar surface area (TPSA) is 30.4 Å². The summed E-state index contributed by atoms with van der Waals surface area (Å²) in [6.07, 6.45) is 2.05. The number of anilines is 1. The van der Waals surface area contributed by atoms with Crippen LogP contribution in [0.2, 0.25) is 0 Å². The number of benzene rings is 1. The van der Waals surface area contributed by atoms with E-state index in [1.807, 2.05) is 12.1 Å². The SMILES string of the molecule is Cc1ccc(-c2c(N)c3ccccn3c2C)cc1. The number of hydrogen-bond donors (Lipinski definition) is 1. The molecule has 0 unspecified atom stereocenters. The van der Waals surface area contributed by atoms with E-state index < -0.39 is 0 Å². The third kappa shape index (κ3) is 1.50. The zero-order valence-corrected chi connectivity index (χ0v) is 10.6. The third-order valence-corrected chi connectivity index (χ3v) is 3.47. The van der Waals surface area contributed by atoms with Crippen molar-refractivity contribution in [3.8, 4) is 11.1 Å². The van der Waals surface area contributed by atoms with Gasteiger partial charge in [-0.3, -0.25) is 0 Å². The molecule has 0 bridgehead atoms. The molecular formula is C16H16N2. The molecule has 0 saturated carbocycles. The number of nitrogen functional groups attached to an aromatic ring is 1. The van der Waals surface area contributed by atoms with Gasteiger partial charge in [0, 0.05) is 17.5 Å². The largest absolute Gasteiger partial charge is 0.396 e. The Balaban J connectivity index is 2.32. The van der Waals surface area contributed by atoms with E-state index in [1.54, 1.807) is 0 Å². The average molecular weight is 236 g/mol. The van der Waals surface area contributed by atoms with E-state index in [2.05, 4.69) is 54.8 Å². The number of nitrogens with zero attached hydrogens (tertiary/aromatic N) is 1. The van der Waals surface area contributed by atoms with E-state index in [4.69, 9.17) is 5.73 Å². The predicted molar refractivity (Wildman–Crippen MR) is 76.7 cm³/mol. The smallest absolute Gasteiger partial charge is 0.0690 e. The number of pyridine rings is 1. The van der Waals surface area contributed by atoms with E-state index >= 15 is 0 Å². The molecule has 3 rings (SSSR count). The first-order chi connectivity index (χ1) is 8.68. The summed E-state index contributed by atoms with van der Waals surface area (Å²) in [5.41, 5.74) is 13.0. The molecule has 0 saturated heterocycles. The van der Waals surface area contributed by atoms with Crippen molar-refractivity contribution in [2.24, 2.45) is 0 Å². The molecule has 2 heteroatoms. The lowest BCUT2D eigenvalue weighted by molar-refractivity contribution is 1.11. The van der Waals surface area contributed by atoms with Crippen molar-refractivity contribution in [2.45, 2.75) is 13.8 Å². The minimum atomic E-state index is 0.858. The highest BCUT2D eigenvalue weighted by molar-refractivity contribution is 5.90. The first-order valence-electron chi connectivity index (χ1n) is 6.10. The summed E-state index contributed by atoms with van der Waals surface area (Å²) in [6, 6.07) is 14.6. The van der Waals surface area contributed by atoms with Crippen LogP contribution in [0, 0.1) is 13.8 Å². The Bertz CT molecular complexity index is 667. The fourth-order valence-corrected chi connectivity index (χ4v) is 2.48. The average Bonchev–Trinajstić information content (AvgIpc) is 2.64. The standard InChI is InChI=1S/C16H16N2/c1-11-6-8-13(9-7-11)15-12(2)18-10-4-3-5-14(18)16(15)17/h3-10H,17H2,1-2H3. The molecule has 0 atom stereocenters. The summed E-state index contributed by atoms with van der Waals surface area (Å²) >= 11 is 0. The zero-order valence-electron chi connectivity index (χ0n) is 10.6. The maximum absolute atomic E-state index is 6.29. The highest BCUT2D eigenvalue weighted by atomic mass is 14.9. The van der Waals surface area contributed by atoms with Gasteiger partial charge < -0.3 is 10.1 Å². The Morgan fingerprint density at radius 3 is 2.33 bits per heavy atom. The highest BCUT2D eigenvalue weighted by Gasteiger charge is 2.13. The van der Waals surface area contributed by atoms with Crippen LogP contribution in [0.4, 0.5) is 5.69 Å². The summed E-state index contributed by atoms with van der Waals surface area (Å²) in [5.74, 6) is 0. The quantitative estimate of drug-likeness (QED) is 0.684. The third-order valence-electron chi connectivity index (χ3n) is 3.47. The summed E-state index contributed by atoms with van der Waals surface area (Å²) in [7, 11) is 0. The monoisotopic (exact) mass is 236 g/mol. The lowest BCUT2D eigenvalue weighted by Crippen LogP contribution is -1.87. The van der Waals surface area contributed by atoms with Crippen LogP contribution in [0.5, 0.6) is 0 Å². The molecule has 2 nitrogen and oxygen atoms in total. The molecule has 90 valence electrons. The van der Waals surface area contributed by atoms with Gasteiger partial charge in [-0.05, 0) is 31.5 Å². The van der Waals surface area contributed by atoms with E-state index in [-0.39, 0.29) is 0 Å². The second-order valence-corrected chi connectivity index (χ2v) is 4.70. The molecule has 0 radical (unpaired) electrons. The van der Waals surface area contributed by atoms with Crippen LogP contribution in [-0.2, 0) is 0 Å². The Kier molecular flexibility index (Phi) is 2.37. The molecule has 0 spiro atoms. The van der Waals surface area contributed by atoms with Crippen molar-refractivity contribution in [1.82, 2.24) is 4.40 Å². The number of aryl methyl sites for hydroxylation is 2. The number of aromatic nitrogens is 1. The van der Waals surface area contributed by atoms with Crippen molar-refractivity contribution >= 4 is 11.2 Å². The van der Waals surface area contributed by atoms with Crippen LogP contribution < -0.4 is 5.73 Å². The minimum absolute atomic E-state index is 0.858. The van der Waals surface area contributed by atoms with Gasteiger partial charge in [-0.2, -0.15) is 0 Å². The normalized spacial score (nSPS) is 11.0. The molecule has 2 heterocycles. The Labute approximate surface area is 107 Å². The van der Waals surface area contributed by atoms with Crippen molar-refractivity contribution in [3.05, 3.63) is 59.9 Å². The van der Waals surface area contributed by atoms with Gasteiger partial charge in [0.2, 0.25) is 0 Å². The maximum atomic E-state index is 6.29. The van der Waals surface area contributed by atoms with Gasteiger partial charge >= 0.3 is 0 Å². The molecule has 18 heavy (non-hydrogen) atoms. The second kappa shape index (κ2) is 3.91. The lowest BCUT2D eigenvalue weighted by atomic mass is 10.0. The Morgan fingerprint density at radius 2 is 1.67 bits per heavy atom. The maximum Gasteiger partial charge on any atom is 0.0690 e. The molecule has 0 amide bonds. The summed E-state index contributed by atoms with van der Waals surface area (Å²) in [4.78, 5) is 0. The van der Waals surface area contributed by atoms with E-state index in [9.17, 15) is 0 Å². The van der Waals surface area contributed by atoms with Gasteiger partial charge in [-0.25, -0.2) is 0 Å². The number of nitrogens with two attached hydrogens (primary N) is 1. The summed E-state index contributed by atoms with van der Waals surface area (Å²) in [6.45, 7) is 4.20.